The van der Waals surface area contributed by atoms with Crippen LogP contribution in [0, 0.1) is 4.78 Å². The Morgan fingerprint density at radius 2 is 1.50 bits per heavy atom. The number of fused-ring (bicyclic) bond motifs is 2. The summed E-state index contributed by atoms with van der Waals surface area (Å²) in [4.78, 5) is 1.46. The average molecular weight is 293 g/mol. The predicted molar refractivity (Wildman–Crippen MR) is 73.4 cm³/mol. The molecular formula is C15H10F3NS. The number of nitrogens with one attached hydrogen (secondary N) is 1. The molecule has 0 bridgehead atoms. The van der Waals surface area contributed by atoms with Crippen molar-refractivity contribution >= 4 is 22.8 Å². The fourth-order valence-corrected chi connectivity index (χ4v) is 3.53. The lowest BCUT2D eigenvalue weighted by atomic mass is 10.1. The first kappa shape index (κ1) is 13.1. The fourth-order valence-electron chi connectivity index (χ4n) is 2.14. The first-order chi connectivity index (χ1) is 9.47. The van der Waals surface area contributed by atoms with Crippen LogP contribution in [0.5, 0.6) is 0 Å². The molecule has 3 rings (SSSR count). The van der Waals surface area contributed by atoms with Gasteiger partial charge < -0.3 is 0 Å². The molecule has 0 saturated heterocycles. The predicted octanol–water partition coefficient (Wildman–Crippen LogP) is 4.99. The summed E-state index contributed by atoms with van der Waals surface area (Å²) in [5.41, 5.74) is 0.675. The Morgan fingerprint density at radius 1 is 0.850 bits per heavy atom. The zero-order valence-corrected chi connectivity index (χ0v) is 11.1. The molecule has 1 nitrogen and oxygen atoms in total. The van der Waals surface area contributed by atoms with Crippen molar-refractivity contribution in [2.24, 2.45) is 0 Å². The van der Waals surface area contributed by atoms with Gasteiger partial charge in [-0.2, -0.15) is 13.2 Å². The average Bonchev–Trinajstić information content (AvgIpc) is 2.56. The molecule has 0 aromatic heterocycles. The van der Waals surface area contributed by atoms with E-state index in [1.54, 1.807) is 12.2 Å². The Morgan fingerprint density at radius 3 is 2.25 bits per heavy atom. The zero-order chi connectivity index (χ0) is 14.3. The topological polar surface area (TPSA) is 23.9 Å². The third kappa shape index (κ3) is 2.18. The third-order valence-corrected chi connectivity index (χ3v) is 4.76. The van der Waals surface area contributed by atoms with Crippen molar-refractivity contribution in [2.75, 3.05) is 0 Å². The van der Waals surface area contributed by atoms with Gasteiger partial charge in [0.05, 0.1) is 5.56 Å². The molecule has 0 amide bonds. The SMILES string of the molecule is N=S1c2ccccc2C=Cc2cc(C(F)(F)F)ccc21. The summed E-state index contributed by atoms with van der Waals surface area (Å²) in [6.07, 6.45) is -0.927. The third-order valence-electron chi connectivity index (χ3n) is 3.14. The lowest BCUT2D eigenvalue weighted by molar-refractivity contribution is -0.137. The molecule has 1 heterocycles. The van der Waals surface area contributed by atoms with Gasteiger partial charge in [0.2, 0.25) is 0 Å². The lowest BCUT2D eigenvalue weighted by Crippen LogP contribution is -2.06. The summed E-state index contributed by atoms with van der Waals surface area (Å²) in [5.74, 6) is 0. The van der Waals surface area contributed by atoms with Gasteiger partial charge in [0.15, 0.2) is 0 Å². The van der Waals surface area contributed by atoms with Gasteiger partial charge in [-0.3, -0.25) is 4.78 Å². The Bertz CT molecular complexity index is 732. The summed E-state index contributed by atoms with van der Waals surface area (Å²) in [6, 6.07) is 11.0. The molecule has 1 aliphatic heterocycles. The summed E-state index contributed by atoms with van der Waals surface area (Å²) >= 11 is 0. The second-order valence-electron chi connectivity index (χ2n) is 4.43. The highest BCUT2D eigenvalue weighted by Gasteiger charge is 2.31. The summed E-state index contributed by atoms with van der Waals surface area (Å²) < 4.78 is 46.6. The van der Waals surface area contributed by atoms with Crippen LogP contribution in [0.15, 0.2) is 52.3 Å². The van der Waals surface area contributed by atoms with Gasteiger partial charge in [0, 0.05) is 9.79 Å². The molecule has 102 valence electrons. The van der Waals surface area contributed by atoms with Crippen LogP contribution in [0.4, 0.5) is 13.2 Å². The van der Waals surface area contributed by atoms with Crippen molar-refractivity contribution in [3.63, 3.8) is 0 Å². The fraction of sp³-hybridized carbons (Fsp3) is 0.0667. The van der Waals surface area contributed by atoms with Gasteiger partial charge in [0.25, 0.3) is 0 Å². The van der Waals surface area contributed by atoms with E-state index in [9.17, 15) is 13.2 Å². The van der Waals surface area contributed by atoms with Crippen LogP contribution in [0.25, 0.3) is 12.2 Å². The molecule has 1 unspecified atom stereocenters. The van der Waals surface area contributed by atoms with Crippen molar-refractivity contribution in [3.05, 3.63) is 59.2 Å². The van der Waals surface area contributed by atoms with Crippen molar-refractivity contribution < 1.29 is 13.2 Å². The van der Waals surface area contributed by atoms with Crippen LogP contribution in [-0.2, 0) is 16.9 Å². The second kappa shape index (κ2) is 4.59. The molecule has 2 aromatic carbocycles. The van der Waals surface area contributed by atoms with Crippen molar-refractivity contribution in [1.82, 2.24) is 0 Å². The summed E-state index contributed by atoms with van der Waals surface area (Å²) in [6.45, 7) is 0. The highest BCUT2D eigenvalue weighted by Crippen LogP contribution is 2.35. The van der Waals surface area contributed by atoms with Gasteiger partial charge >= 0.3 is 6.18 Å². The maximum Gasteiger partial charge on any atom is 0.416 e. The molecule has 1 aliphatic rings. The van der Waals surface area contributed by atoms with Gasteiger partial charge in [0.1, 0.15) is 0 Å². The number of alkyl halides is 3. The van der Waals surface area contributed by atoms with Gasteiger partial charge in [-0.1, -0.05) is 30.4 Å². The minimum atomic E-state index is -4.36. The van der Waals surface area contributed by atoms with E-state index in [2.05, 4.69) is 0 Å². The highest BCUT2D eigenvalue weighted by atomic mass is 32.2. The van der Waals surface area contributed by atoms with Crippen LogP contribution in [-0.4, -0.2) is 0 Å². The molecule has 0 saturated carbocycles. The molecule has 5 heteroatoms. The van der Waals surface area contributed by atoms with E-state index in [0.717, 1.165) is 22.6 Å². The maximum absolute atomic E-state index is 12.8. The van der Waals surface area contributed by atoms with E-state index in [-0.39, 0.29) is 0 Å². The molecule has 0 radical (unpaired) electrons. The van der Waals surface area contributed by atoms with Crippen LogP contribution in [0.3, 0.4) is 0 Å². The van der Waals surface area contributed by atoms with E-state index >= 15 is 0 Å². The normalized spacial score (nSPS) is 17.2. The van der Waals surface area contributed by atoms with Crippen LogP contribution in [0.2, 0.25) is 0 Å². The van der Waals surface area contributed by atoms with Crippen molar-refractivity contribution in [1.29, 1.82) is 4.78 Å². The van der Waals surface area contributed by atoms with E-state index in [4.69, 9.17) is 4.78 Å². The summed E-state index contributed by atoms with van der Waals surface area (Å²) in [5, 5.41) is 0. The van der Waals surface area contributed by atoms with E-state index in [0.29, 0.717) is 10.5 Å². The number of halogens is 3. The number of rotatable bonds is 0. The second-order valence-corrected chi connectivity index (χ2v) is 5.92. The Hall–Kier alpha value is -1.88. The Labute approximate surface area is 116 Å². The van der Waals surface area contributed by atoms with Crippen molar-refractivity contribution in [2.45, 2.75) is 16.0 Å². The van der Waals surface area contributed by atoms with Crippen LogP contribution in [0.1, 0.15) is 16.7 Å². The number of benzene rings is 2. The number of hydrogen-bond acceptors (Lipinski definition) is 1. The standard InChI is InChI=1S/C15H10F3NS/c16-15(17,18)12-7-8-14-11(9-12)6-5-10-3-1-2-4-13(10)20(14)19/h1-9,19H. The Balaban J connectivity index is 2.19. The van der Waals surface area contributed by atoms with E-state index < -0.39 is 22.4 Å². The summed E-state index contributed by atoms with van der Waals surface area (Å²) in [7, 11) is -0.972. The number of hydrogen-bond donors (Lipinski definition) is 1. The molecule has 0 fully saturated rings. The molecule has 2 aromatic rings. The zero-order valence-electron chi connectivity index (χ0n) is 10.2. The monoisotopic (exact) mass is 293 g/mol. The largest absolute Gasteiger partial charge is 0.416 e. The molecule has 0 aliphatic carbocycles. The maximum atomic E-state index is 12.8. The minimum Gasteiger partial charge on any atom is -0.271 e. The quantitative estimate of drug-likeness (QED) is 0.604. The molecule has 1 N–H and O–H groups in total. The lowest BCUT2D eigenvalue weighted by Gasteiger charge is -2.12. The van der Waals surface area contributed by atoms with E-state index in [1.807, 2.05) is 24.3 Å². The molecule has 0 spiro atoms. The van der Waals surface area contributed by atoms with Gasteiger partial charge in [-0.25, -0.2) is 0 Å². The smallest absolute Gasteiger partial charge is 0.271 e. The molecular weight excluding hydrogens is 283 g/mol. The highest BCUT2D eigenvalue weighted by molar-refractivity contribution is 7.86. The van der Waals surface area contributed by atoms with Crippen molar-refractivity contribution in [3.8, 4) is 0 Å². The first-order valence-corrected chi connectivity index (χ1v) is 7.13. The minimum absolute atomic E-state index is 0.467. The van der Waals surface area contributed by atoms with Gasteiger partial charge in [-0.05, 0) is 46.1 Å². The van der Waals surface area contributed by atoms with Crippen LogP contribution < -0.4 is 0 Å². The molecule has 20 heavy (non-hydrogen) atoms. The Kier molecular flexibility index (Phi) is 3.01. The molecule has 1 atom stereocenters. The first-order valence-electron chi connectivity index (χ1n) is 5.91. The van der Waals surface area contributed by atoms with E-state index in [1.165, 1.54) is 6.07 Å². The van der Waals surface area contributed by atoms with Crippen LogP contribution >= 0.6 is 0 Å². The van der Waals surface area contributed by atoms with Gasteiger partial charge in [-0.15, -0.1) is 0 Å².